The van der Waals surface area contributed by atoms with Crippen molar-refractivity contribution in [2.75, 3.05) is 0 Å². The summed E-state index contributed by atoms with van der Waals surface area (Å²) in [6.07, 6.45) is 1.54. The average molecular weight is 269 g/mol. The van der Waals surface area contributed by atoms with Gasteiger partial charge in [0.05, 0.1) is 4.32 Å². The Morgan fingerprint density at radius 3 is 2.07 bits per heavy atom. The number of ketones is 1. The Hall–Kier alpha value is -0.630. The van der Waals surface area contributed by atoms with Crippen molar-refractivity contribution in [2.24, 2.45) is 0 Å². The zero-order valence-corrected chi connectivity index (χ0v) is 11.1. The quantitative estimate of drug-likeness (QED) is 0.764. The second-order valence-corrected chi connectivity index (χ2v) is 6.22. The van der Waals surface area contributed by atoms with Gasteiger partial charge in [0.25, 0.3) is 0 Å². The molecule has 0 amide bonds. The minimum absolute atomic E-state index is 0.215. The molecule has 0 fully saturated rings. The fourth-order valence-electron chi connectivity index (χ4n) is 1.29. The summed E-state index contributed by atoms with van der Waals surface area (Å²) in [6, 6.07) is 8.25. The van der Waals surface area contributed by atoms with Gasteiger partial charge in [-0.05, 0) is 31.4 Å². The molecule has 0 atom stereocenters. The minimum atomic E-state index is -0.420. The maximum atomic E-state index is 11.7. The van der Waals surface area contributed by atoms with Crippen LogP contribution in [0.5, 0.6) is 0 Å². The number of carbonyl (C=O) groups is 1. The lowest BCUT2D eigenvalue weighted by atomic mass is 10.00. The van der Waals surface area contributed by atoms with Gasteiger partial charge in [0, 0.05) is 6.42 Å². The van der Waals surface area contributed by atoms with Crippen molar-refractivity contribution in [2.45, 2.75) is 37.9 Å². The number of rotatable bonds is 4. The molecule has 0 saturated carbocycles. The molecule has 0 radical (unpaired) electrons. The standard InChI is InChI=1S/C13H17BrO/c1-4-10-5-7-11(8-6-10)9-12(15)13(2,3)14/h5-8H,4,9H2,1-3H3. The Labute approximate surface area is 100 Å². The number of aryl methyl sites for hydroxylation is 1. The Morgan fingerprint density at radius 2 is 1.67 bits per heavy atom. The zero-order valence-electron chi connectivity index (χ0n) is 9.51. The molecule has 0 bridgehead atoms. The van der Waals surface area contributed by atoms with E-state index in [9.17, 15) is 4.79 Å². The second kappa shape index (κ2) is 4.93. The van der Waals surface area contributed by atoms with E-state index in [1.807, 2.05) is 26.0 Å². The topological polar surface area (TPSA) is 17.1 Å². The first-order chi connectivity index (χ1) is 6.93. The zero-order chi connectivity index (χ0) is 11.5. The monoisotopic (exact) mass is 268 g/mol. The van der Waals surface area contributed by atoms with Gasteiger partial charge in [-0.15, -0.1) is 0 Å². The summed E-state index contributed by atoms with van der Waals surface area (Å²) in [5.74, 6) is 0.215. The molecule has 0 aromatic heterocycles. The maximum absolute atomic E-state index is 11.7. The van der Waals surface area contributed by atoms with E-state index in [4.69, 9.17) is 0 Å². The molecule has 15 heavy (non-hydrogen) atoms. The number of carbonyl (C=O) groups excluding carboxylic acids is 1. The van der Waals surface area contributed by atoms with Crippen molar-refractivity contribution in [1.82, 2.24) is 0 Å². The van der Waals surface area contributed by atoms with Crippen molar-refractivity contribution >= 4 is 21.7 Å². The summed E-state index contributed by atoms with van der Waals surface area (Å²) in [4.78, 5) is 11.7. The fraction of sp³-hybridized carbons (Fsp3) is 0.462. The highest BCUT2D eigenvalue weighted by atomic mass is 79.9. The van der Waals surface area contributed by atoms with Crippen LogP contribution in [0.25, 0.3) is 0 Å². The van der Waals surface area contributed by atoms with E-state index in [2.05, 4.69) is 35.0 Å². The second-order valence-electron chi connectivity index (χ2n) is 4.24. The van der Waals surface area contributed by atoms with Crippen LogP contribution in [-0.2, 0) is 17.6 Å². The van der Waals surface area contributed by atoms with Crippen molar-refractivity contribution in [3.05, 3.63) is 35.4 Å². The van der Waals surface area contributed by atoms with E-state index >= 15 is 0 Å². The number of halogens is 1. The molecule has 0 saturated heterocycles. The lowest BCUT2D eigenvalue weighted by molar-refractivity contribution is -0.119. The average Bonchev–Trinajstić information content (AvgIpc) is 2.17. The van der Waals surface area contributed by atoms with Gasteiger partial charge in [-0.3, -0.25) is 4.79 Å². The lowest BCUT2D eigenvalue weighted by Crippen LogP contribution is -2.25. The Bertz CT molecular complexity index is 333. The van der Waals surface area contributed by atoms with Gasteiger partial charge in [-0.25, -0.2) is 0 Å². The molecule has 0 spiro atoms. The van der Waals surface area contributed by atoms with Gasteiger partial charge in [0.1, 0.15) is 0 Å². The molecular formula is C13H17BrO. The smallest absolute Gasteiger partial charge is 0.153 e. The van der Waals surface area contributed by atoms with Crippen molar-refractivity contribution in [3.8, 4) is 0 Å². The predicted octanol–water partition coefficient (Wildman–Crippen LogP) is 3.53. The number of Topliss-reactive ketones (excluding diaryl/α,β-unsaturated/α-hetero) is 1. The third-order valence-corrected chi connectivity index (χ3v) is 2.90. The molecule has 0 aliphatic heterocycles. The van der Waals surface area contributed by atoms with E-state index in [0.29, 0.717) is 6.42 Å². The fourth-order valence-corrected chi connectivity index (χ4v) is 1.43. The van der Waals surface area contributed by atoms with Crippen molar-refractivity contribution in [1.29, 1.82) is 0 Å². The molecule has 0 aliphatic rings. The van der Waals surface area contributed by atoms with Gasteiger partial charge in [0.2, 0.25) is 0 Å². The summed E-state index contributed by atoms with van der Waals surface area (Å²) in [7, 11) is 0. The molecular weight excluding hydrogens is 252 g/mol. The predicted molar refractivity (Wildman–Crippen MR) is 67.5 cm³/mol. The highest BCUT2D eigenvalue weighted by Gasteiger charge is 2.23. The van der Waals surface area contributed by atoms with E-state index < -0.39 is 4.32 Å². The molecule has 0 N–H and O–H groups in total. The summed E-state index contributed by atoms with van der Waals surface area (Å²) >= 11 is 3.38. The van der Waals surface area contributed by atoms with Crippen LogP contribution in [0.1, 0.15) is 31.9 Å². The molecule has 1 rings (SSSR count). The first-order valence-electron chi connectivity index (χ1n) is 5.23. The maximum Gasteiger partial charge on any atom is 0.153 e. The molecule has 2 heteroatoms. The SMILES string of the molecule is CCc1ccc(CC(=O)C(C)(C)Br)cc1. The van der Waals surface area contributed by atoms with Crippen LogP contribution in [-0.4, -0.2) is 10.1 Å². The van der Waals surface area contributed by atoms with E-state index in [0.717, 1.165) is 12.0 Å². The molecule has 0 aliphatic carbocycles. The van der Waals surface area contributed by atoms with Crippen LogP contribution in [0.3, 0.4) is 0 Å². The van der Waals surface area contributed by atoms with Gasteiger partial charge in [0.15, 0.2) is 5.78 Å². The third kappa shape index (κ3) is 3.78. The highest BCUT2D eigenvalue weighted by molar-refractivity contribution is 9.10. The van der Waals surface area contributed by atoms with Crippen LogP contribution in [0.4, 0.5) is 0 Å². The minimum Gasteiger partial charge on any atom is -0.298 e. The number of alkyl halides is 1. The molecule has 1 nitrogen and oxygen atoms in total. The normalized spacial score (nSPS) is 11.5. The summed E-state index contributed by atoms with van der Waals surface area (Å²) in [5, 5.41) is 0. The van der Waals surface area contributed by atoms with Crippen LogP contribution in [0, 0.1) is 0 Å². The van der Waals surface area contributed by atoms with Crippen LogP contribution >= 0.6 is 15.9 Å². The van der Waals surface area contributed by atoms with E-state index in [1.165, 1.54) is 5.56 Å². The van der Waals surface area contributed by atoms with Gasteiger partial charge >= 0.3 is 0 Å². The largest absolute Gasteiger partial charge is 0.298 e. The first kappa shape index (κ1) is 12.4. The van der Waals surface area contributed by atoms with E-state index in [-0.39, 0.29) is 5.78 Å². The number of hydrogen-bond donors (Lipinski definition) is 0. The van der Waals surface area contributed by atoms with Gasteiger partial charge < -0.3 is 0 Å². The summed E-state index contributed by atoms with van der Waals surface area (Å²) < 4.78 is -0.420. The van der Waals surface area contributed by atoms with Crippen LogP contribution in [0.15, 0.2) is 24.3 Å². The number of benzene rings is 1. The summed E-state index contributed by atoms with van der Waals surface area (Å²) in [5.41, 5.74) is 2.40. The Balaban J connectivity index is 2.70. The van der Waals surface area contributed by atoms with Gasteiger partial charge in [-0.2, -0.15) is 0 Å². The highest BCUT2D eigenvalue weighted by Crippen LogP contribution is 2.19. The summed E-state index contributed by atoms with van der Waals surface area (Å²) in [6.45, 7) is 5.90. The Morgan fingerprint density at radius 1 is 1.20 bits per heavy atom. The lowest BCUT2D eigenvalue weighted by Gasteiger charge is -2.14. The first-order valence-corrected chi connectivity index (χ1v) is 6.03. The molecule has 0 unspecified atom stereocenters. The van der Waals surface area contributed by atoms with Crippen molar-refractivity contribution in [3.63, 3.8) is 0 Å². The van der Waals surface area contributed by atoms with Gasteiger partial charge in [-0.1, -0.05) is 47.1 Å². The molecule has 82 valence electrons. The molecule has 0 heterocycles. The third-order valence-electron chi connectivity index (χ3n) is 2.46. The van der Waals surface area contributed by atoms with E-state index in [1.54, 1.807) is 0 Å². The van der Waals surface area contributed by atoms with Crippen molar-refractivity contribution < 1.29 is 4.79 Å². The van der Waals surface area contributed by atoms with Crippen LogP contribution in [0.2, 0.25) is 0 Å². The molecule has 1 aromatic carbocycles. The van der Waals surface area contributed by atoms with Crippen LogP contribution < -0.4 is 0 Å². The molecule has 1 aromatic rings. The Kier molecular flexibility index (Phi) is 4.09. The number of hydrogen-bond acceptors (Lipinski definition) is 1.